The molecule has 0 bridgehead atoms. The summed E-state index contributed by atoms with van der Waals surface area (Å²) in [7, 11) is 0. The number of para-hydroxylation sites is 1. The number of furan rings is 1. The summed E-state index contributed by atoms with van der Waals surface area (Å²) in [5.74, 6) is 0.943. The summed E-state index contributed by atoms with van der Waals surface area (Å²) < 4.78 is 5.64. The fraction of sp³-hybridized carbons (Fsp3) is 0.105. The van der Waals surface area contributed by atoms with E-state index in [1.54, 1.807) is 6.26 Å². The molecule has 1 atom stereocenters. The third-order valence-electron chi connectivity index (χ3n) is 3.91. The van der Waals surface area contributed by atoms with Gasteiger partial charge in [-0.1, -0.05) is 48.5 Å². The highest BCUT2D eigenvalue weighted by atomic mass is 16.3. The first-order valence-electron chi connectivity index (χ1n) is 7.42. The van der Waals surface area contributed by atoms with Gasteiger partial charge in [-0.05, 0) is 29.8 Å². The lowest BCUT2D eigenvalue weighted by atomic mass is 10.0. The summed E-state index contributed by atoms with van der Waals surface area (Å²) in [6, 6.07) is 24.6. The molecule has 0 spiro atoms. The van der Waals surface area contributed by atoms with Gasteiger partial charge in [0.15, 0.2) is 0 Å². The molecule has 1 aromatic heterocycles. The Kier molecular flexibility index (Phi) is 3.24. The number of hydrazone groups is 1. The predicted molar refractivity (Wildman–Crippen MR) is 88.0 cm³/mol. The van der Waals surface area contributed by atoms with Crippen LogP contribution in [0.2, 0.25) is 0 Å². The maximum atomic E-state index is 5.64. The summed E-state index contributed by atoms with van der Waals surface area (Å²) in [5.41, 5.74) is 3.33. The molecule has 3 aromatic rings. The van der Waals surface area contributed by atoms with E-state index in [4.69, 9.17) is 9.52 Å². The smallest absolute Gasteiger partial charge is 0.128 e. The molecule has 0 N–H and O–H groups in total. The number of hydrogen-bond acceptors (Lipinski definition) is 3. The molecule has 2 heterocycles. The van der Waals surface area contributed by atoms with Crippen LogP contribution in [0, 0.1) is 0 Å². The normalized spacial score (nSPS) is 17.5. The number of hydrogen-bond donors (Lipinski definition) is 0. The van der Waals surface area contributed by atoms with Crippen molar-refractivity contribution in [1.82, 2.24) is 0 Å². The largest absolute Gasteiger partial charge is 0.467 e. The zero-order chi connectivity index (χ0) is 14.8. The first-order valence-corrected chi connectivity index (χ1v) is 7.42. The van der Waals surface area contributed by atoms with Crippen molar-refractivity contribution < 1.29 is 4.42 Å². The minimum absolute atomic E-state index is 0.104. The van der Waals surface area contributed by atoms with Crippen molar-refractivity contribution in [3.63, 3.8) is 0 Å². The number of rotatable bonds is 3. The van der Waals surface area contributed by atoms with Crippen molar-refractivity contribution in [2.24, 2.45) is 5.10 Å². The van der Waals surface area contributed by atoms with Gasteiger partial charge in [0, 0.05) is 6.42 Å². The molecule has 1 aliphatic heterocycles. The van der Waals surface area contributed by atoms with Crippen LogP contribution in [0.25, 0.3) is 0 Å². The topological polar surface area (TPSA) is 28.7 Å². The zero-order valence-corrected chi connectivity index (χ0v) is 12.1. The third kappa shape index (κ3) is 2.31. The monoisotopic (exact) mass is 288 g/mol. The van der Waals surface area contributed by atoms with Crippen LogP contribution < -0.4 is 5.01 Å². The molecule has 0 saturated heterocycles. The van der Waals surface area contributed by atoms with Crippen molar-refractivity contribution in [3.8, 4) is 0 Å². The lowest BCUT2D eigenvalue weighted by molar-refractivity contribution is 0.465. The van der Waals surface area contributed by atoms with Gasteiger partial charge in [-0.3, -0.25) is 5.01 Å². The van der Waals surface area contributed by atoms with Crippen molar-refractivity contribution in [1.29, 1.82) is 0 Å². The lowest BCUT2D eigenvalue weighted by Gasteiger charge is -2.21. The standard InChI is InChI=1S/C19H16N2O/c1-3-8-15(9-4-1)17-14-18(19-12-7-13-22-19)21(20-17)16-10-5-2-6-11-16/h1-13,18H,14H2/t18-/m0/s1. The van der Waals surface area contributed by atoms with Gasteiger partial charge in [0.05, 0.1) is 17.7 Å². The van der Waals surface area contributed by atoms with E-state index in [0.717, 1.165) is 29.1 Å². The van der Waals surface area contributed by atoms with Crippen molar-refractivity contribution in [2.45, 2.75) is 12.5 Å². The summed E-state index contributed by atoms with van der Waals surface area (Å²) in [5, 5.41) is 6.91. The second-order valence-corrected chi connectivity index (χ2v) is 5.33. The Bertz CT molecular complexity index is 764. The van der Waals surface area contributed by atoms with Crippen LogP contribution in [0.15, 0.2) is 88.6 Å². The van der Waals surface area contributed by atoms with Crippen molar-refractivity contribution >= 4 is 11.4 Å². The first kappa shape index (κ1) is 12.9. The molecule has 108 valence electrons. The zero-order valence-electron chi connectivity index (χ0n) is 12.1. The van der Waals surface area contributed by atoms with Crippen molar-refractivity contribution in [2.75, 3.05) is 5.01 Å². The molecule has 0 radical (unpaired) electrons. The molecular weight excluding hydrogens is 272 g/mol. The molecule has 0 amide bonds. The summed E-state index contributed by atoms with van der Waals surface area (Å²) in [6.45, 7) is 0. The molecule has 0 fully saturated rings. The first-order chi connectivity index (χ1) is 10.9. The number of anilines is 1. The second-order valence-electron chi connectivity index (χ2n) is 5.33. The van der Waals surface area contributed by atoms with E-state index in [2.05, 4.69) is 29.3 Å². The second kappa shape index (κ2) is 5.53. The molecule has 3 heteroatoms. The van der Waals surface area contributed by atoms with Crippen LogP contribution in [0.1, 0.15) is 23.8 Å². The Balaban J connectivity index is 1.75. The SMILES string of the molecule is c1ccc(C2=NN(c3ccccc3)[C@H](c3ccco3)C2)cc1. The summed E-state index contributed by atoms with van der Waals surface area (Å²) in [6.07, 6.45) is 2.56. The van der Waals surface area contributed by atoms with E-state index < -0.39 is 0 Å². The van der Waals surface area contributed by atoms with Gasteiger partial charge >= 0.3 is 0 Å². The Labute approximate surface area is 129 Å². The van der Waals surface area contributed by atoms with Gasteiger partial charge < -0.3 is 4.42 Å². The maximum Gasteiger partial charge on any atom is 0.128 e. The molecule has 1 aliphatic rings. The summed E-state index contributed by atoms with van der Waals surface area (Å²) in [4.78, 5) is 0. The average molecular weight is 288 g/mol. The quantitative estimate of drug-likeness (QED) is 0.702. The molecule has 22 heavy (non-hydrogen) atoms. The van der Waals surface area contributed by atoms with E-state index >= 15 is 0 Å². The van der Waals surface area contributed by atoms with Gasteiger partial charge in [0.1, 0.15) is 11.8 Å². The van der Waals surface area contributed by atoms with Gasteiger partial charge in [-0.25, -0.2) is 0 Å². The minimum Gasteiger partial charge on any atom is -0.467 e. The highest BCUT2D eigenvalue weighted by molar-refractivity contribution is 6.03. The van der Waals surface area contributed by atoms with Crippen LogP contribution in [0.5, 0.6) is 0 Å². The van der Waals surface area contributed by atoms with E-state index in [1.807, 2.05) is 48.5 Å². The molecule has 3 nitrogen and oxygen atoms in total. The van der Waals surface area contributed by atoms with E-state index in [1.165, 1.54) is 0 Å². The third-order valence-corrected chi connectivity index (χ3v) is 3.91. The molecule has 2 aromatic carbocycles. The predicted octanol–water partition coefficient (Wildman–Crippen LogP) is 4.64. The van der Waals surface area contributed by atoms with Gasteiger partial charge in [0.25, 0.3) is 0 Å². The van der Waals surface area contributed by atoms with Crippen LogP contribution >= 0.6 is 0 Å². The summed E-state index contributed by atoms with van der Waals surface area (Å²) >= 11 is 0. The van der Waals surface area contributed by atoms with Gasteiger partial charge in [0.2, 0.25) is 0 Å². The van der Waals surface area contributed by atoms with E-state index in [-0.39, 0.29) is 6.04 Å². The molecular formula is C19H16N2O. The van der Waals surface area contributed by atoms with Crippen molar-refractivity contribution in [3.05, 3.63) is 90.4 Å². The fourth-order valence-electron chi connectivity index (χ4n) is 2.84. The average Bonchev–Trinajstić information content (AvgIpc) is 3.26. The Hall–Kier alpha value is -2.81. The van der Waals surface area contributed by atoms with Crippen LogP contribution in [0.4, 0.5) is 5.69 Å². The molecule has 0 unspecified atom stereocenters. The van der Waals surface area contributed by atoms with Crippen LogP contribution in [-0.2, 0) is 0 Å². The Morgan fingerprint density at radius 2 is 1.59 bits per heavy atom. The number of benzene rings is 2. The van der Waals surface area contributed by atoms with Crippen LogP contribution in [0.3, 0.4) is 0 Å². The van der Waals surface area contributed by atoms with E-state index in [0.29, 0.717) is 0 Å². The molecule has 0 saturated carbocycles. The maximum absolute atomic E-state index is 5.64. The molecule has 4 rings (SSSR count). The van der Waals surface area contributed by atoms with Gasteiger partial charge in [-0.15, -0.1) is 0 Å². The highest BCUT2D eigenvalue weighted by Gasteiger charge is 2.31. The Morgan fingerprint density at radius 1 is 0.864 bits per heavy atom. The lowest BCUT2D eigenvalue weighted by Crippen LogP contribution is -2.17. The number of nitrogens with zero attached hydrogens (tertiary/aromatic N) is 2. The molecule has 0 aliphatic carbocycles. The Morgan fingerprint density at radius 3 is 2.27 bits per heavy atom. The van der Waals surface area contributed by atoms with Gasteiger partial charge in [-0.2, -0.15) is 5.10 Å². The van der Waals surface area contributed by atoms with Crippen LogP contribution in [-0.4, -0.2) is 5.71 Å². The fourth-order valence-corrected chi connectivity index (χ4v) is 2.84. The minimum atomic E-state index is 0.104. The van der Waals surface area contributed by atoms with E-state index in [9.17, 15) is 0 Å². The highest BCUT2D eigenvalue weighted by Crippen LogP contribution is 2.36.